The van der Waals surface area contributed by atoms with Gasteiger partial charge in [-0.15, -0.1) is 11.3 Å². The number of rotatable bonds is 2. The van der Waals surface area contributed by atoms with Crippen LogP contribution in [0.25, 0.3) is 0 Å². The van der Waals surface area contributed by atoms with Gasteiger partial charge in [0.1, 0.15) is 0 Å². The van der Waals surface area contributed by atoms with Crippen LogP contribution in [0.3, 0.4) is 0 Å². The zero-order valence-electron chi connectivity index (χ0n) is 9.67. The maximum absolute atomic E-state index is 12.4. The lowest BCUT2D eigenvalue weighted by atomic mass is 9.78. The van der Waals surface area contributed by atoms with Gasteiger partial charge in [-0.2, -0.15) is 0 Å². The van der Waals surface area contributed by atoms with Gasteiger partial charge in [-0.1, -0.05) is 20.3 Å². The lowest BCUT2D eigenvalue weighted by Gasteiger charge is -2.25. The number of hydrogen-bond donors (Lipinski definition) is 0. The number of carbonyl (C=O) groups excluding carboxylic acids is 1. The zero-order chi connectivity index (χ0) is 11.1. The Morgan fingerprint density at radius 3 is 2.73 bits per heavy atom. The molecule has 1 nitrogen and oxygen atoms in total. The molecule has 0 saturated heterocycles. The van der Waals surface area contributed by atoms with Crippen molar-refractivity contribution in [2.75, 3.05) is 0 Å². The van der Waals surface area contributed by atoms with Crippen molar-refractivity contribution in [3.63, 3.8) is 0 Å². The lowest BCUT2D eigenvalue weighted by molar-refractivity contribution is 0.0839. The summed E-state index contributed by atoms with van der Waals surface area (Å²) >= 11 is 1.67. The van der Waals surface area contributed by atoms with E-state index in [-0.39, 0.29) is 11.3 Å². The number of thiophene rings is 1. The molecule has 0 bridgehead atoms. The lowest BCUT2D eigenvalue weighted by Crippen LogP contribution is -2.25. The van der Waals surface area contributed by atoms with Crippen LogP contribution in [-0.2, 0) is 0 Å². The van der Waals surface area contributed by atoms with Gasteiger partial charge >= 0.3 is 0 Å². The van der Waals surface area contributed by atoms with Crippen LogP contribution in [0.4, 0.5) is 0 Å². The van der Waals surface area contributed by atoms with Gasteiger partial charge < -0.3 is 0 Å². The van der Waals surface area contributed by atoms with E-state index in [2.05, 4.69) is 13.8 Å². The average Bonchev–Trinajstić information content (AvgIpc) is 2.70. The van der Waals surface area contributed by atoms with Crippen LogP contribution in [0.15, 0.2) is 11.4 Å². The fraction of sp³-hybridized carbons (Fsp3) is 0.615. The number of hydrogen-bond acceptors (Lipinski definition) is 2. The van der Waals surface area contributed by atoms with Gasteiger partial charge in [0.05, 0.1) is 0 Å². The minimum Gasteiger partial charge on any atom is -0.294 e. The van der Waals surface area contributed by atoms with Crippen LogP contribution >= 0.6 is 11.3 Å². The molecule has 1 atom stereocenters. The van der Waals surface area contributed by atoms with E-state index in [9.17, 15) is 4.79 Å². The number of aryl methyl sites for hydroxylation is 1. The molecule has 1 fully saturated rings. The van der Waals surface area contributed by atoms with Crippen molar-refractivity contribution >= 4 is 17.1 Å². The molecule has 0 spiro atoms. The first kappa shape index (κ1) is 10.9. The summed E-state index contributed by atoms with van der Waals surface area (Å²) in [5, 5.41) is 2.02. The molecule has 0 amide bonds. The highest BCUT2D eigenvalue weighted by Gasteiger charge is 2.39. The van der Waals surface area contributed by atoms with Crippen LogP contribution in [0.1, 0.15) is 48.3 Å². The number of Topliss-reactive ketones (excluding diaryl/α,β-unsaturated/α-hetero) is 1. The van der Waals surface area contributed by atoms with Gasteiger partial charge in [0.15, 0.2) is 5.78 Å². The van der Waals surface area contributed by atoms with Crippen LogP contribution in [0.2, 0.25) is 0 Å². The molecule has 2 rings (SSSR count). The highest BCUT2D eigenvalue weighted by molar-refractivity contribution is 7.10. The van der Waals surface area contributed by atoms with E-state index in [1.807, 2.05) is 18.4 Å². The molecule has 0 radical (unpaired) electrons. The Balaban J connectivity index is 2.26. The summed E-state index contributed by atoms with van der Waals surface area (Å²) in [6.45, 7) is 6.49. The molecule has 1 aromatic rings. The summed E-state index contributed by atoms with van der Waals surface area (Å²) in [5.74, 6) is 0.613. The maximum atomic E-state index is 12.4. The van der Waals surface area contributed by atoms with E-state index in [0.29, 0.717) is 5.78 Å². The van der Waals surface area contributed by atoms with Gasteiger partial charge in [-0.3, -0.25) is 4.79 Å². The topological polar surface area (TPSA) is 17.1 Å². The smallest absolute Gasteiger partial charge is 0.167 e. The Bertz CT molecular complexity index is 376. The van der Waals surface area contributed by atoms with Gasteiger partial charge in [-0.25, -0.2) is 0 Å². The Labute approximate surface area is 95.5 Å². The summed E-state index contributed by atoms with van der Waals surface area (Å²) in [6.07, 6.45) is 3.46. The van der Waals surface area contributed by atoms with E-state index >= 15 is 0 Å². The van der Waals surface area contributed by atoms with Crippen molar-refractivity contribution in [3.05, 3.63) is 21.9 Å². The Morgan fingerprint density at radius 2 is 2.27 bits per heavy atom. The molecule has 1 unspecified atom stereocenters. The molecule has 0 aromatic carbocycles. The standard InChI is InChI=1S/C13H18OS/c1-9-10(6-8-15-9)12(14)11-5-4-7-13(11,2)3/h6,8,11H,4-5,7H2,1-3H3. The zero-order valence-corrected chi connectivity index (χ0v) is 10.5. The molecule has 1 aliphatic rings. The van der Waals surface area contributed by atoms with Crippen molar-refractivity contribution in [3.8, 4) is 0 Å². The fourth-order valence-electron chi connectivity index (χ4n) is 2.64. The summed E-state index contributed by atoms with van der Waals surface area (Å²) in [5.41, 5.74) is 1.16. The highest BCUT2D eigenvalue weighted by atomic mass is 32.1. The minimum atomic E-state index is 0.200. The first-order valence-electron chi connectivity index (χ1n) is 5.61. The molecule has 1 aliphatic carbocycles. The van der Waals surface area contributed by atoms with E-state index in [0.717, 1.165) is 12.0 Å². The second-order valence-corrected chi connectivity index (χ2v) is 6.31. The third-order valence-corrected chi connectivity index (χ3v) is 4.54. The molecule has 0 aliphatic heterocycles. The predicted octanol–water partition coefficient (Wildman–Crippen LogP) is 4.07. The summed E-state index contributed by atoms with van der Waals surface area (Å²) in [4.78, 5) is 13.5. The Morgan fingerprint density at radius 1 is 1.53 bits per heavy atom. The first-order chi connectivity index (χ1) is 7.02. The SMILES string of the molecule is Cc1sccc1C(=O)C1CCCC1(C)C. The third-order valence-electron chi connectivity index (χ3n) is 3.70. The van der Waals surface area contributed by atoms with E-state index in [1.54, 1.807) is 11.3 Å². The summed E-state index contributed by atoms with van der Waals surface area (Å²) < 4.78 is 0. The van der Waals surface area contributed by atoms with Gasteiger partial charge in [-0.05, 0) is 36.6 Å². The molecule has 0 N–H and O–H groups in total. The van der Waals surface area contributed by atoms with Gasteiger partial charge in [0, 0.05) is 16.4 Å². The van der Waals surface area contributed by atoms with Crippen molar-refractivity contribution < 1.29 is 4.79 Å². The van der Waals surface area contributed by atoms with E-state index in [1.165, 1.54) is 17.7 Å². The monoisotopic (exact) mass is 222 g/mol. The normalized spacial score (nSPS) is 24.3. The molecule has 1 heterocycles. The maximum Gasteiger partial charge on any atom is 0.167 e. The van der Waals surface area contributed by atoms with Crippen LogP contribution in [0, 0.1) is 18.3 Å². The first-order valence-corrected chi connectivity index (χ1v) is 6.48. The molecular formula is C13H18OS. The number of ketones is 1. The minimum absolute atomic E-state index is 0.200. The van der Waals surface area contributed by atoms with E-state index in [4.69, 9.17) is 0 Å². The summed E-state index contributed by atoms with van der Waals surface area (Å²) in [7, 11) is 0. The molecule has 1 aromatic heterocycles. The van der Waals surface area contributed by atoms with Crippen LogP contribution < -0.4 is 0 Å². The molecule has 2 heteroatoms. The van der Waals surface area contributed by atoms with Crippen LogP contribution in [0.5, 0.6) is 0 Å². The van der Waals surface area contributed by atoms with Crippen LogP contribution in [-0.4, -0.2) is 5.78 Å². The Kier molecular flexibility index (Phi) is 2.72. The largest absolute Gasteiger partial charge is 0.294 e. The predicted molar refractivity (Wildman–Crippen MR) is 64.5 cm³/mol. The molecule has 82 valence electrons. The van der Waals surface area contributed by atoms with Gasteiger partial charge in [0.25, 0.3) is 0 Å². The summed E-state index contributed by atoms with van der Waals surface area (Å²) in [6, 6.07) is 1.98. The van der Waals surface area contributed by atoms with E-state index < -0.39 is 0 Å². The van der Waals surface area contributed by atoms with Crippen molar-refractivity contribution in [2.45, 2.75) is 40.0 Å². The Hall–Kier alpha value is -0.630. The molecule has 15 heavy (non-hydrogen) atoms. The molecule has 1 saturated carbocycles. The van der Waals surface area contributed by atoms with Crippen molar-refractivity contribution in [2.24, 2.45) is 11.3 Å². The number of carbonyl (C=O) groups is 1. The third kappa shape index (κ3) is 1.87. The highest BCUT2D eigenvalue weighted by Crippen LogP contribution is 2.44. The second-order valence-electron chi connectivity index (χ2n) is 5.19. The van der Waals surface area contributed by atoms with Crippen molar-refractivity contribution in [1.29, 1.82) is 0 Å². The average molecular weight is 222 g/mol. The quantitative estimate of drug-likeness (QED) is 0.689. The second kappa shape index (κ2) is 3.75. The van der Waals surface area contributed by atoms with Crippen molar-refractivity contribution in [1.82, 2.24) is 0 Å². The molecular weight excluding hydrogens is 204 g/mol. The fourth-order valence-corrected chi connectivity index (χ4v) is 3.34. The van der Waals surface area contributed by atoms with Gasteiger partial charge in [0.2, 0.25) is 0 Å².